The number of hydrogen-bond donors (Lipinski definition) is 3. The fraction of sp³-hybridized carbons (Fsp3) is 0.111. The van der Waals surface area contributed by atoms with Crippen LogP contribution in [0.5, 0.6) is 0 Å². The van der Waals surface area contributed by atoms with Crippen molar-refractivity contribution in [2.75, 3.05) is 0 Å². The van der Waals surface area contributed by atoms with Gasteiger partial charge in [-0.3, -0.25) is 19.7 Å². The van der Waals surface area contributed by atoms with Gasteiger partial charge >= 0.3 is 0 Å². The normalized spacial score (nSPS) is 16.1. The van der Waals surface area contributed by atoms with Gasteiger partial charge in [-0.2, -0.15) is 0 Å². The molecule has 1 atom stereocenters. The molecule has 1 unspecified atom stereocenters. The van der Waals surface area contributed by atoms with Crippen molar-refractivity contribution in [1.29, 1.82) is 0 Å². The van der Waals surface area contributed by atoms with Crippen LogP contribution in [0, 0.1) is 15.9 Å². The van der Waals surface area contributed by atoms with Crippen LogP contribution in [0.25, 0.3) is 5.57 Å². The first kappa shape index (κ1) is 18.2. The highest BCUT2D eigenvalue weighted by molar-refractivity contribution is 6.26. The predicted octanol–water partition coefficient (Wildman–Crippen LogP) is 1.88. The van der Waals surface area contributed by atoms with Crippen molar-refractivity contribution >= 4 is 23.0 Å². The topological polar surface area (TPSA) is 130 Å². The molecule has 0 aromatic heterocycles. The number of ketones is 1. The van der Waals surface area contributed by atoms with Crippen LogP contribution < -0.4 is 5.32 Å². The van der Waals surface area contributed by atoms with E-state index >= 15 is 0 Å². The van der Waals surface area contributed by atoms with Gasteiger partial charge in [-0.05, 0) is 23.8 Å². The van der Waals surface area contributed by atoms with Crippen LogP contribution in [0.15, 0.2) is 48.2 Å². The first-order valence-corrected chi connectivity index (χ1v) is 7.76. The predicted molar refractivity (Wildman–Crippen MR) is 91.2 cm³/mol. The number of carbonyl (C=O) groups excluding carboxylic acids is 2. The van der Waals surface area contributed by atoms with E-state index in [1.807, 2.05) is 0 Å². The number of aliphatic hydroxyl groups is 2. The molecular formula is C18H13FN2O6. The number of nitrogens with zero attached hydrogens (tertiary/aromatic N) is 1. The van der Waals surface area contributed by atoms with E-state index in [-0.39, 0.29) is 23.4 Å². The number of halogens is 1. The third-order valence-corrected chi connectivity index (χ3v) is 4.11. The Hall–Kier alpha value is -3.59. The van der Waals surface area contributed by atoms with Gasteiger partial charge in [-0.25, -0.2) is 4.39 Å². The summed E-state index contributed by atoms with van der Waals surface area (Å²) in [7, 11) is 0. The Kier molecular flexibility index (Phi) is 4.70. The second-order valence-corrected chi connectivity index (χ2v) is 5.82. The Bertz CT molecular complexity index is 984. The zero-order chi connectivity index (χ0) is 19.7. The molecule has 1 aliphatic carbocycles. The molecule has 3 rings (SSSR count). The van der Waals surface area contributed by atoms with Gasteiger partial charge in [0.2, 0.25) is 0 Å². The van der Waals surface area contributed by atoms with E-state index in [9.17, 15) is 34.3 Å². The third kappa shape index (κ3) is 3.40. The first-order chi connectivity index (χ1) is 12.8. The van der Waals surface area contributed by atoms with Gasteiger partial charge < -0.3 is 15.5 Å². The smallest absolute Gasteiger partial charge is 0.270 e. The fourth-order valence-electron chi connectivity index (χ4n) is 2.73. The highest BCUT2D eigenvalue weighted by Crippen LogP contribution is 2.33. The summed E-state index contributed by atoms with van der Waals surface area (Å²) in [5.41, 5.74) is -0.500. The number of amides is 1. The van der Waals surface area contributed by atoms with Crippen molar-refractivity contribution in [2.45, 2.75) is 12.6 Å². The monoisotopic (exact) mass is 372 g/mol. The van der Waals surface area contributed by atoms with Crippen molar-refractivity contribution in [3.8, 4) is 0 Å². The zero-order valence-corrected chi connectivity index (χ0v) is 13.7. The quantitative estimate of drug-likeness (QED) is 0.555. The standard InChI is InChI=1S/C18H13FN2O6/c19-10-3-1-9(2-4-10)8-20-18(25)14-13-7-11(21(26)27)5-6-12(13)15(22)17(24)16(14)23/h1-7,17,23-24H,8H2,(H,20,25). The van der Waals surface area contributed by atoms with Gasteiger partial charge in [0, 0.05) is 29.8 Å². The lowest BCUT2D eigenvalue weighted by molar-refractivity contribution is -0.384. The number of carbonyl (C=O) groups is 2. The Morgan fingerprint density at radius 3 is 2.48 bits per heavy atom. The minimum atomic E-state index is -1.94. The van der Waals surface area contributed by atoms with E-state index in [2.05, 4.69) is 5.32 Å². The van der Waals surface area contributed by atoms with Crippen molar-refractivity contribution < 1.29 is 29.1 Å². The maximum atomic E-state index is 12.9. The molecule has 0 saturated heterocycles. The summed E-state index contributed by atoms with van der Waals surface area (Å²) < 4.78 is 12.9. The van der Waals surface area contributed by atoms with Gasteiger partial charge in [0.25, 0.3) is 11.6 Å². The van der Waals surface area contributed by atoms with Gasteiger partial charge in [-0.1, -0.05) is 12.1 Å². The van der Waals surface area contributed by atoms with Crippen molar-refractivity contribution in [1.82, 2.24) is 5.32 Å². The Morgan fingerprint density at radius 2 is 1.85 bits per heavy atom. The molecule has 0 heterocycles. The summed E-state index contributed by atoms with van der Waals surface area (Å²) in [5, 5.41) is 33.5. The van der Waals surface area contributed by atoms with Crippen molar-refractivity contribution in [3.05, 3.63) is 80.8 Å². The van der Waals surface area contributed by atoms with Crippen molar-refractivity contribution in [2.24, 2.45) is 0 Å². The summed E-state index contributed by atoms with van der Waals surface area (Å²) in [6.07, 6.45) is -1.94. The minimum absolute atomic E-state index is 0.0236. The van der Waals surface area contributed by atoms with Gasteiger partial charge in [0.05, 0.1) is 10.5 Å². The maximum absolute atomic E-state index is 12.9. The molecule has 2 aromatic rings. The number of nitrogens with one attached hydrogen (secondary N) is 1. The molecule has 0 saturated carbocycles. The maximum Gasteiger partial charge on any atom is 0.270 e. The molecule has 0 bridgehead atoms. The Morgan fingerprint density at radius 1 is 1.19 bits per heavy atom. The molecule has 8 nitrogen and oxygen atoms in total. The lowest BCUT2D eigenvalue weighted by Gasteiger charge is -2.22. The van der Waals surface area contributed by atoms with E-state index in [0.29, 0.717) is 5.56 Å². The molecule has 27 heavy (non-hydrogen) atoms. The van der Waals surface area contributed by atoms with Crippen molar-refractivity contribution in [3.63, 3.8) is 0 Å². The number of aliphatic hydroxyl groups excluding tert-OH is 2. The molecular weight excluding hydrogens is 359 g/mol. The molecule has 138 valence electrons. The minimum Gasteiger partial charge on any atom is -0.508 e. The Labute approximate surface area is 151 Å². The number of benzene rings is 2. The van der Waals surface area contributed by atoms with E-state index in [4.69, 9.17) is 0 Å². The number of nitro benzene ring substituents is 1. The van der Waals surface area contributed by atoms with E-state index in [1.54, 1.807) is 0 Å². The van der Waals surface area contributed by atoms with Gasteiger partial charge in [-0.15, -0.1) is 0 Å². The largest absolute Gasteiger partial charge is 0.508 e. The summed E-state index contributed by atoms with van der Waals surface area (Å²) in [5.74, 6) is -3.04. The van der Waals surface area contributed by atoms with Crippen LogP contribution in [0.1, 0.15) is 21.5 Å². The molecule has 0 spiro atoms. The third-order valence-electron chi connectivity index (χ3n) is 4.11. The van der Waals surface area contributed by atoms with E-state index in [1.165, 1.54) is 24.3 Å². The molecule has 2 aromatic carbocycles. The van der Waals surface area contributed by atoms with Crippen LogP contribution in [-0.4, -0.2) is 32.9 Å². The summed E-state index contributed by atoms with van der Waals surface area (Å²) in [4.78, 5) is 34.9. The second kappa shape index (κ2) is 6.96. The number of Topliss-reactive ketones (excluding diaryl/α,β-unsaturated/α-hetero) is 1. The average Bonchev–Trinajstić information content (AvgIpc) is 2.65. The lowest BCUT2D eigenvalue weighted by Crippen LogP contribution is -2.34. The van der Waals surface area contributed by atoms with Gasteiger partial charge in [0.1, 0.15) is 11.6 Å². The molecule has 0 radical (unpaired) electrons. The van der Waals surface area contributed by atoms with Crippen LogP contribution in [0.4, 0.5) is 10.1 Å². The number of rotatable bonds is 4. The number of non-ortho nitro benzene ring substituents is 1. The molecule has 1 aliphatic rings. The van der Waals surface area contributed by atoms with Crippen LogP contribution in [-0.2, 0) is 11.3 Å². The molecule has 3 N–H and O–H groups in total. The molecule has 0 fully saturated rings. The summed E-state index contributed by atoms with van der Waals surface area (Å²) in [6, 6.07) is 8.49. The van der Waals surface area contributed by atoms with Crippen LogP contribution in [0.2, 0.25) is 0 Å². The highest BCUT2D eigenvalue weighted by Gasteiger charge is 2.36. The first-order valence-electron chi connectivity index (χ1n) is 7.76. The van der Waals surface area contributed by atoms with E-state index < -0.39 is 39.9 Å². The zero-order valence-electron chi connectivity index (χ0n) is 13.7. The average molecular weight is 372 g/mol. The molecule has 1 amide bonds. The molecule has 9 heteroatoms. The van der Waals surface area contributed by atoms with E-state index in [0.717, 1.165) is 18.2 Å². The van der Waals surface area contributed by atoms with Crippen LogP contribution >= 0.6 is 0 Å². The molecule has 0 aliphatic heterocycles. The summed E-state index contributed by atoms with van der Waals surface area (Å²) in [6.45, 7) is -0.0236. The highest BCUT2D eigenvalue weighted by atomic mass is 19.1. The lowest BCUT2D eigenvalue weighted by atomic mass is 9.86. The second-order valence-electron chi connectivity index (χ2n) is 5.82. The van der Waals surface area contributed by atoms with Gasteiger partial charge in [0.15, 0.2) is 11.9 Å². The number of fused-ring (bicyclic) bond motifs is 1. The SMILES string of the molecule is O=C(NCc1ccc(F)cc1)C1=C(O)C(O)C(=O)c2ccc([N+](=O)[O-])cc21. The number of nitro groups is 1. The summed E-state index contributed by atoms with van der Waals surface area (Å²) >= 11 is 0. The number of hydrogen-bond acceptors (Lipinski definition) is 6. The Balaban J connectivity index is 1.96. The fourth-order valence-corrected chi connectivity index (χ4v) is 2.73. The van der Waals surface area contributed by atoms with Crippen LogP contribution in [0.3, 0.4) is 0 Å².